The highest BCUT2D eigenvalue weighted by Gasteiger charge is 2.10. The topological polar surface area (TPSA) is 55.1 Å². The third kappa shape index (κ3) is 2.99. The molecule has 1 N–H and O–H groups in total. The van der Waals surface area contributed by atoms with Crippen molar-refractivity contribution in [3.63, 3.8) is 0 Å². The summed E-state index contributed by atoms with van der Waals surface area (Å²) in [6.45, 7) is 0. The molecule has 0 saturated heterocycles. The molecule has 22 heavy (non-hydrogen) atoms. The Balaban J connectivity index is 1.77. The predicted molar refractivity (Wildman–Crippen MR) is 81.3 cm³/mol. The largest absolute Gasteiger partial charge is 0.444 e. The van der Waals surface area contributed by atoms with Crippen molar-refractivity contribution < 1.29 is 13.6 Å². The second kappa shape index (κ2) is 5.99. The van der Waals surface area contributed by atoms with Crippen molar-refractivity contribution in [2.45, 2.75) is 0 Å². The van der Waals surface area contributed by atoms with Gasteiger partial charge in [-0.05, 0) is 30.3 Å². The van der Waals surface area contributed by atoms with Crippen LogP contribution in [-0.2, 0) is 0 Å². The van der Waals surface area contributed by atoms with Crippen LogP contribution < -0.4 is 5.32 Å². The monoisotopic (exact) mass is 316 g/mol. The molecule has 2 aromatic carbocycles. The number of halogens is 2. The molecule has 0 spiro atoms. The number of anilines is 1. The number of aromatic nitrogens is 1. The first-order valence-electron chi connectivity index (χ1n) is 6.39. The van der Waals surface area contributed by atoms with E-state index in [1.165, 1.54) is 18.5 Å². The average Bonchev–Trinajstić information content (AvgIpc) is 3.04. The molecular formula is C16H10ClFN2O2. The SMILES string of the molecule is O=C(Nc1ccc(F)cc1Cl)c1ccc(-c2cnco2)cc1. The van der Waals surface area contributed by atoms with Crippen LogP contribution in [0.4, 0.5) is 10.1 Å². The van der Waals surface area contributed by atoms with Gasteiger partial charge in [0, 0.05) is 11.1 Å². The summed E-state index contributed by atoms with van der Waals surface area (Å²) in [5.74, 6) is -0.175. The summed E-state index contributed by atoms with van der Waals surface area (Å²) in [5.41, 5.74) is 1.62. The highest BCUT2D eigenvalue weighted by molar-refractivity contribution is 6.33. The van der Waals surface area contributed by atoms with E-state index in [0.717, 1.165) is 11.6 Å². The maximum atomic E-state index is 13.0. The molecule has 1 amide bonds. The van der Waals surface area contributed by atoms with E-state index < -0.39 is 5.82 Å². The molecule has 0 radical (unpaired) electrons. The molecule has 3 rings (SSSR count). The number of carbonyl (C=O) groups excluding carboxylic acids is 1. The molecular weight excluding hydrogens is 307 g/mol. The van der Waals surface area contributed by atoms with Gasteiger partial charge in [-0.25, -0.2) is 9.37 Å². The standard InChI is InChI=1S/C16H10ClFN2O2/c17-13-7-12(18)5-6-14(13)20-16(21)11-3-1-10(2-4-11)15-8-19-9-22-15/h1-9H,(H,20,21). The van der Waals surface area contributed by atoms with E-state index in [4.69, 9.17) is 16.0 Å². The van der Waals surface area contributed by atoms with Gasteiger partial charge in [0.15, 0.2) is 12.2 Å². The van der Waals surface area contributed by atoms with Crippen molar-refractivity contribution >= 4 is 23.2 Å². The number of amides is 1. The quantitative estimate of drug-likeness (QED) is 0.779. The Morgan fingerprint density at radius 3 is 2.59 bits per heavy atom. The number of oxazole rings is 1. The number of nitrogens with zero attached hydrogens (tertiary/aromatic N) is 1. The van der Waals surface area contributed by atoms with E-state index in [-0.39, 0.29) is 10.9 Å². The average molecular weight is 317 g/mol. The second-order valence-electron chi connectivity index (χ2n) is 4.52. The molecule has 1 aromatic heterocycles. The van der Waals surface area contributed by atoms with E-state index in [0.29, 0.717) is 17.0 Å². The molecule has 110 valence electrons. The molecule has 0 aliphatic heterocycles. The molecule has 0 aliphatic carbocycles. The van der Waals surface area contributed by atoms with Gasteiger partial charge in [-0.2, -0.15) is 0 Å². The van der Waals surface area contributed by atoms with Crippen LogP contribution in [0.25, 0.3) is 11.3 Å². The van der Waals surface area contributed by atoms with Crippen molar-refractivity contribution in [2.75, 3.05) is 5.32 Å². The van der Waals surface area contributed by atoms with Gasteiger partial charge in [0.25, 0.3) is 5.91 Å². The molecule has 4 nitrogen and oxygen atoms in total. The summed E-state index contributed by atoms with van der Waals surface area (Å²) in [7, 11) is 0. The van der Waals surface area contributed by atoms with E-state index in [2.05, 4.69) is 10.3 Å². The molecule has 0 bridgehead atoms. The summed E-state index contributed by atoms with van der Waals surface area (Å²) in [4.78, 5) is 16.0. The molecule has 0 fully saturated rings. The molecule has 0 aliphatic rings. The molecule has 0 unspecified atom stereocenters. The Morgan fingerprint density at radius 1 is 1.18 bits per heavy atom. The Bertz CT molecular complexity index is 802. The summed E-state index contributed by atoms with van der Waals surface area (Å²) >= 11 is 5.88. The second-order valence-corrected chi connectivity index (χ2v) is 4.93. The third-order valence-corrected chi connectivity index (χ3v) is 3.36. The summed E-state index contributed by atoms with van der Waals surface area (Å²) < 4.78 is 18.2. The van der Waals surface area contributed by atoms with Gasteiger partial charge < -0.3 is 9.73 Å². The van der Waals surface area contributed by atoms with Gasteiger partial charge in [-0.1, -0.05) is 23.7 Å². The number of rotatable bonds is 3. The molecule has 3 aromatic rings. The Labute approximate surface area is 130 Å². The minimum atomic E-state index is -0.459. The fourth-order valence-corrected chi connectivity index (χ4v) is 2.14. The van der Waals surface area contributed by atoms with Crippen molar-refractivity contribution in [2.24, 2.45) is 0 Å². The van der Waals surface area contributed by atoms with Crippen LogP contribution in [0.3, 0.4) is 0 Å². The molecule has 0 atom stereocenters. The predicted octanol–water partition coefficient (Wildman–Crippen LogP) is 4.39. The number of benzene rings is 2. The fraction of sp³-hybridized carbons (Fsp3) is 0. The van der Waals surface area contributed by atoms with Crippen molar-refractivity contribution in [3.8, 4) is 11.3 Å². The Hall–Kier alpha value is -2.66. The Kier molecular flexibility index (Phi) is 3.89. The van der Waals surface area contributed by atoms with Crippen LogP contribution in [-0.4, -0.2) is 10.9 Å². The number of nitrogens with one attached hydrogen (secondary N) is 1. The first-order valence-corrected chi connectivity index (χ1v) is 6.76. The van der Waals surface area contributed by atoms with Crippen molar-refractivity contribution in [1.29, 1.82) is 0 Å². The van der Waals surface area contributed by atoms with Crippen LogP contribution in [0.15, 0.2) is 59.5 Å². The third-order valence-electron chi connectivity index (χ3n) is 3.04. The smallest absolute Gasteiger partial charge is 0.255 e. The van der Waals surface area contributed by atoms with Gasteiger partial charge >= 0.3 is 0 Å². The van der Waals surface area contributed by atoms with Crippen LogP contribution in [0.2, 0.25) is 5.02 Å². The van der Waals surface area contributed by atoms with Gasteiger partial charge in [-0.3, -0.25) is 4.79 Å². The van der Waals surface area contributed by atoms with Gasteiger partial charge in [0.1, 0.15) is 5.82 Å². The Morgan fingerprint density at radius 2 is 1.95 bits per heavy atom. The summed E-state index contributed by atoms with van der Waals surface area (Å²) in [6, 6.07) is 10.6. The summed E-state index contributed by atoms with van der Waals surface area (Å²) in [5, 5.41) is 2.78. The minimum Gasteiger partial charge on any atom is -0.444 e. The van der Waals surface area contributed by atoms with E-state index in [1.54, 1.807) is 30.5 Å². The fourth-order valence-electron chi connectivity index (χ4n) is 1.93. The number of carbonyl (C=O) groups is 1. The van der Waals surface area contributed by atoms with Gasteiger partial charge in [0.2, 0.25) is 0 Å². The lowest BCUT2D eigenvalue weighted by molar-refractivity contribution is 0.102. The number of hydrogen-bond acceptors (Lipinski definition) is 3. The zero-order valence-corrected chi connectivity index (χ0v) is 12.0. The highest BCUT2D eigenvalue weighted by atomic mass is 35.5. The van der Waals surface area contributed by atoms with E-state index in [9.17, 15) is 9.18 Å². The maximum Gasteiger partial charge on any atom is 0.255 e. The first-order chi connectivity index (χ1) is 10.6. The van der Waals surface area contributed by atoms with Crippen LogP contribution >= 0.6 is 11.6 Å². The summed E-state index contributed by atoms with van der Waals surface area (Å²) in [6.07, 6.45) is 2.93. The lowest BCUT2D eigenvalue weighted by Crippen LogP contribution is -2.12. The normalized spacial score (nSPS) is 10.5. The van der Waals surface area contributed by atoms with Crippen LogP contribution in [0, 0.1) is 5.82 Å². The lowest BCUT2D eigenvalue weighted by Gasteiger charge is -2.07. The van der Waals surface area contributed by atoms with Crippen LogP contribution in [0.5, 0.6) is 0 Å². The molecule has 0 saturated carbocycles. The van der Waals surface area contributed by atoms with Crippen molar-refractivity contribution in [1.82, 2.24) is 4.98 Å². The van der Waals surface area contributed by atoms with E-state index >= 15 is 0 Å². The minimum absolute atomic E-state index is 0.145. The zero-order valence-electron chi connectivity index (χ0n) is 11.2. The molecule has 1 heterocycles. The molecule has 6 heteroatoms. The van der Waals surface area contributed by atoms with Gasteiger partial charge in [0.05, 0.1) is 16.9 Å². The lowest BCUT2D eigenvalue weighted by atomic mass is 10.1. The van der Waals surface area contributed by atoms with Gasteiger partial charge in [-0.15, -0.1) is 0 Å². The maximum absolute atomic E-state index is 13.0. The zero-order chi connectivity index (χ0) is 15.5. The van der Waals surface area contributed by atoms with E-state index in [1.807, 2.05) is 0 Å². The van der Waals surface area contributed by atoms with Crippen molar-refractivity contribution in [3.05, 3.63) is 71.5 Å². The number of hydrogen-bond donors (Lipinski definition) is 1. The first kappa shape index (κ1) is 14.3. The van der Waals surface area contributed by atoms with Crippen LogP contribution in [0.1, 0.15) is 10.4 Å². The highest BCUT2D eigenvalue weighted by Crippen LogP contribution is 2.24.